The van der Waals surface area contributed by atoms with Crippen molar-refractivity contribution in [1.82, 2.24) is 10.6 Å². The number of nitrogens with one attached hydrogen (secondary N) is 2. The zero-order chi connectivity index (χ0) is 16.8. The highest BCUT2D eigenvalue weighted by atomic mass is 79.9. The number of aliphatic imine (C=N–C) groups is 1. The van der Waals surface area contributed by atoms with Gasteiger partial charge in [0.15, 0.2) is 5.96 Å². The first-order valence-corrected chi connectivity index (χ1v) is 8.45. The van der Waals surface area contributed by atoms with Gasteiger partial charge in [-0.15, -0.1) is 0 Å². The summed E-state index contributed by atoms with van der Waals surface area (Å²) in [5.41, 5.74) is 0. The maximum Gasteiger partial charge on any atom is 0.191 e. The van der Waals surface area contributed by atoms with Gasteiger partial charge in [0, 0.05) is 31.8 Å². The molecular formula is C16H26BrN3O3. The first-order valence-electron chi connectivity index (χ1n) is 7.66. The number of ether oxygens (including phenoxy) is 3. The van der Waals surface area contributed by atoms with Gasteiger partial charge in [-0.3, -0.25) is 4.99 Å². The van der Waals surface area contributed by atoms with Gasteiger partial charge < -0.3 is 24.8 Å². The number of methoxy groups -OCH3 is 1. The summed E-state index contributed by atoms with van der Waals surface area (Å²) >= 11 is 3.40. The van der Waals surface area contributed by atoms with E-state index in [1.54, 1.807) is 14.2 Å². The molecule has 23 heavy (non-hydrogen) atoms. The highest BCUT2D eigenvalue weighted by molar-refractivity contribution is 9.10. The Kier molecular flexibility index (Phi) is 11.3. The maximum absolute atomic E-state index is 5.64. The van der Waals surface area contributed by atoms with E-state index in [1.165, 1.54) is 0 Å². The molecule has 0 bridgehead atoms. The van der Waals surface area contributed by atoms with Crippen LogP contribution in [0.3, 0.4) is 0 Å². The third-order valence-electron chi connectivity index (χ3n) is 2.89. The Morgan fingerprint density at radius 3 is 2.48 bits per heavy atom. The molecule has 0 aliphatic carbocycles. The van der Waals surface area contributed by atoms with Crippen LogP contribution in [0.5, 0.6) is 5.75 Å². The fourth-order valence-electron chi connectivity index (χ4n) is 1.72. The Labute approximate surface area is 146 Å². The van der Waals surface area contributed by atoms with E-state index >= 15 is 0 Å². The van der Waals surface area contributed by atoms with Crippen LogP contribution in [-0.4, -0.2) is 59.6 Å². The van der Waals surface area contributed by atoms with Gasteiger partial charge in [-0.05, 0) is 30.7 Å². The molecule has 2 N–H and O–H groups in total. The zero-order valence-electron chi connectivity index (χ0n) is 13.8. The summed E-state index contributed by atoms with van der Waals surface area (Å²) in [6, 6.07) is 7.78. The average Bonchev–Trinajstić information content (AvgIpc) is 2.57. The summed E-state index contributed by atoms with van der Waals surface area (Å²) in [5, 5.41) is 6.44. The van der Waals surface area contributed by atoms with Crippen LogP contribution in [0.2, 0.25) is 0 Å². The van der Waals surface area contributed by atoms with Crippen LogP contribution in [-0.2, 0) is 9.47 Å². The second kappa shape index (κ2) is 13.2. The van der Waals surface area contributed by atoms with Gasteiger partial charge in [0.1, 0.15) is 12.4 Å². The number of nitrogens with zero attached hydrogens (tertiary/aromatic N) is 1. The molecule has 0 spiro atoms. The minimum atomic E-state index is 0.572. The van der Waals surface area contributed by atoms with E-state index < -0.39 is 0 Å². The number of halogens is 1. The van der Waals surface area contributed by atoms with Crippen molar-refractivity contribution in [3.63, 3.8) is 0 Å². The Morgan fingerprint density at radius 2 is 1.78 bits per heavy atom. The molecule has 130 valence electrons. The molecule has 0 fully saturated rings. The van der Waals surface area contributed by atoms with Crippen LogP contribution < -0.4 is 15.4 Å². The molecule has 6 nitrogen and oxygen atoms in total. The Balaban J connectivity index is 2.04. The molecule has 0 radical (unpaired) electrons. The van der Waals surface area contributed by atoms with E-state index in [-0.39, 0.29) is 0 Å². The number of benzene rings is 1. The molecule has 0 amide bonds. The van der Waals surface area contributed by atoms with Crippen molar-refractivity contribution >= 4 is 21.9 Å². The first-order chi connectivity index (χ1) is 11.3. The molecule has 0 atom stereocenters. The normalized spacial score (nSPS) is 11.3. The molecule has 1 rings (SSSR count). The summed E-state index contributed by atoms with van der Waals surface area (Å²) in [6.07, 6.45) is 0.916. The van der Waals surface area contributed by atoms with Gasteiger partial charge in [0.2, 0.25) is 0 Å². The number of hydrogen-bond donors (Lipinski definition) is 2. The highest BCUT2D eigenvalue weighted by Gasteiger charge is 1.98. The topological polar surface area (TPSA) is 64.1 Å². The Hall–Kier alpha value is -1.31. The lowest BCUT2D eigenvalue weighted by Crippen LogP contribution is -2.39. The zero-order valence-corrected chi connectivity index (χ0v) is 15.4. The second-order valence-electron chi connectivity index (χ2n) is 4.69. The van der Waals surface area contributed by atoms with Crippen LogP contribution in [0.1, 0.15) is 6.42 Å². The third-order valence-corrected chi connectivity index (χ3v) is 3.42. The van der Waals surface area contributed by atoms with Gasteiger partial charge in [-0.2, -0.15) is 0 Å². The van der Waals surface area contributed by atoms with Crippen molar-refractivity contribution in [3.05, 3.63) is 28.7 Å². The number of rotatable bonds is 11. The second-order valence-corrected chi connectivity index (χ2v) is 5.60. The number of guanidine groups is 1. The molecule has 7 heteroatoms. The quantitative estimate of drug-likeness (QED) is 0.345. The van der Waals surface area contributed by atoms with Gasteiger partial charge in [-0.25, -0.2) is 0 Å². The van der Waals surface area contributed by atoms with E-state index in [2.05, 4.69) is 31.6 Å². The predicted molar refractivity (Wildman–Crippen MR) is 96.3 cm³/mol. The van der Waals surface area contributed by atoms with Crippen LogP contribution in [0, 0.1) is 0 Å². The van der Waals surface area contributed by atoms with E-state index in [0.29, 0.717) is 33.0 Å². The average molecular weight is 388 g/mol. The minimum Gasteiger partial charge on any atom is -0.492 e. The molecule has 0 aromatic heterocycles. The molecule has 0 saturated carbocycles. The number of hydrogen-bond acceptors (Lipinski definition) is 4. The fourth-order valence-corrected chi connectivity index (χ4v) is 1.98. The monoisotopic (exact) mass is 387 g/mol. The fraction of sp³-hybridized carbons (Fsp3) is 0.562. The van der Waals surface area contributed by atoms with E-state index in [9.17, 15) is 0 Å². The third kappa shape index (κ3) is 10.1. The molecule has 1 aromatic carbocycles. The standard InChI is InChI=1S/C16H26BrN3O3/c1-18-16(19-8-3-10-22-13-12-21-2)20-9-11-23-15-6-4-14(17)5-7-15/h4-7H,3,8-13H2,1-2H3,(H2,18,19,20). The van der Waals surface area contributed by atoms with Crippen LogP contribution in [0.25, 0.3) is 0 Å². The van der Waals surface area contributed by atoms with Crippen molar-refractivity contribution in [2.45, 2.75) is 6.42 Å². The van der Waals surface area contributed by atoms with Crippen LogP contribution in [0.4, 0.5) is 0 Å². The lowest BCUT2D eigenvalue weighted by atomic mass is 10.3. The molecular weight excluding hydrogens is 362 g/mol. The summed E-state index contributed by atoms with van der Waals surface area (Å²) in [5.74, 6) is 1.62. The van der Waals surface area contributed by atoms with Crippen molar-refractivity contribution < 1.29 is 14.2 Å². The molecule has 0 saturated heterocycles. The highest BCUT2D eigenvalue weighted by Crippen LogP contribution is 2.15. The maximum atomic E-state index is 5.64. The lowest BCUT2D eigenvalue weighted by molar-refractivity contribution is 0.0698. The summed E-state index contributed by atoms with van der Waals surface area (Å²) in [6.45, 7) is 4.04. The van der Waals surface area contributed by atoms with E-state index in [1.807, 2.05) is 24.3 Å². The molecule has 1 aromatic rings. The Morgan fingerprint density at radius 1 is 1.04 bits per heavy atom. The van der Waals surface area contributed by atoms with E-state index in [4.69, 9.17) is 14.2 Å². The molecule has 0 aliphatic rings. The minimum absolute atomic E-state index is 0.572. The largest absolute Gasteiger partial charge is 0.492 e. The van der Waals surface area contributed by atoms with Gasteiger partial charge >= 0.3 is 0 Å². The smallest absolute Gasteiger partial charge is 0.191 e. The van der Waals surface area contributed by atoms with Crippen LogP contribution >= 0.6 is 15.9 Å². The molecule has 0 heterocycles. The summed E-state index contributed by atoms with van der Waals surface area (Å²) in [4.78, 5) is 4.16. The molecule has 0 aliphatic heterocycles. The van der Waals surface area contributed by atoms with Gasteiger partial charge in [0.25, 0.3) is 0 Å². The predicted octanol–water partition coefficient (Wildman–Crippen LogP) is 2.05. The van der Waals surface area contributed by atoms with Gasteiger partial charge in [-0.1, -0.05) is 15.9 Å². The summed E-state index contributed by atoms with van der Waals surface area (Å²) in [7, 11) is 3.42. The van der Waals surface area contributed by atoms with Crippen molar-refractivity contribution in [2.24, 2.45) is 4.99 Å². The van der Waals surface area contributed by atoms with Crippen LogP contribution in [0.15, 0.2) is 33.7 Å². The Bertz CT molecular complexity index is 441. The van der Waals surface area contributed by atoms with Crippen molar-refractivity contribution in [1.29, 1.82) is 0 Å². The SMILES string of the molecule is CN=C(NCCCOCCOC)NCCOc1ccc(Br)cc1. The first kappa shape index (κ1) is 19.7. The van der Waals surface area contributed by atoms with Crippen molar-refractivity contribution in [3.8, 4) is 5.75 Å². The molecule has 0 unspecified atom stereocenters. The van der Waals surface area contributed by atoms with Gasteiger partial charge in [0.05, 0.1) is 19.8 Å². The summed E-state index contributed by atoms with van der Waals surface area (Å²) < 4.78 is 17.0. The lowest BCUT2D eigenvalue weighted by Gasteiger charge is -2.12. The van der Waals surface area contributed by atoms with E-state index in [0.717, 1.165) is 29.1 Å². The van der Waals surface area contributed by atoms with Crippen molar-refractivity contribution in [2.75, 3.05) is 53.7 Å².